The number of rotatable bonds is 2. The molecule has 0 aliphatic carbocycles. The summed E-state index contributed by atoms with van der Waals surface area (Å²) >= 11 is 0. The Bertz CT molecular complexity index is 469. The van der Waals surface area contributed by atoms with Crippen molar-refractivity contribution in [3.8, 4) is 0 Å². The summed E-state index contributed by atoms with van der Waals surface area (Å²) in [5.41, 5.74) is 0.437. The summed E-state index contributed by atoms with van der Waals surface area (Å²) in [7, 11) is 1.74. The summed E-state index contributed by atoms with van der Waals surface area (Å²) in [5.74, 6) is -1.16. The van der Waals surface area contributed by atoms with Gasteiger partial charge in [0.1, 0.15) is 11.7 Å². The molecule has 2 heterocycles. The van der Waals surface area contributed by atoms with Gasteiger partial charge in [0, 0.05) is 13.6 Å². The lowest BCUT2D eigenvalue weighted by Crippen LogP contribution is -2.46. The van der Waals surface area contributed by atoms with Crippen LogP contribution in [-0.2, 0) is 11.8 Å². The summed E-state index contributed by atoms with van der Waals surface area (Å²) in [6, 6.07) is -0.720. The molecular weight excluding hydrogens is 246 g/mol. The Morgan fingerprint density at radius 3 is 2.68 bits per heavy atom. The zero-order valence-corrected chi connectivity index (χ0v) is 11.1. The second-order valence-corrected chi connectivity index (χ2v) is 4.95. The van der Waals surface area contributed by atoms with Gasteiger partial charge < -0.3 is 14.6 Å². The van der Waals surface area contributed by atoms with Crippen molar-refractivity contribution >= 4 is 11.9 Å². The number of nitrogens with zero attached hydrogens (tertiary/aromatic N) is 3. The first-order valence-electron chi connectivity index (χ1n) is 6.61. The second-order valence-electron chi connectivity index (χ2n) is 4.95. The average Bonchev–Trinajstić information content (AvgIpc) is 2.74. The van der Waals surface area contributed by atoms with E-state index in [4.69, 9.17) is 0 Å². The molecule has 1 unspecified atom stereocenters. The summed E-state index contributed by atoms with van der Waals surface area (Å²) in [6.45, 7) is 0.501. The fraction of sp³-hybridized carbons (Fsp3) is 0.615. The molecule has 1 aromatic rings. The molecule has 1 amide bonds. The molecule has 0 radical (unpaired) electrons. The van der Waals surface area contributed by atoms with E-state index in [-0.39, 0.29) is 5.91 Å². The monoisotopic (exact) mass is 265 g/mol. The molecule has 0 bridgehead atoms. The number of carboxylic acids is 1. The van der Waals surface area contributed by atoms with Crippen LogP contribution in [0.5, 0.6) is 0 Å². The van der Waals surface area contributed by atoms with E-state index < -0.39 is 12.0 Å². The van der Waals surface area contributed by atoms with E-state index in [0.29, 0.717) is 18.7 Å². The number of carboxylic acid groups (broad SMARTS) is 1. The highest BCUT2D eigenvalue weighted by atomic mass is 16.4. The molecule has 2 rings (SSSR count). The van der Waals surface area contributed by atoms with Crippen LogP contribution in [-0.4, -0.2) is 44.0 Å². The third-order valence-electron chi connectivity index (χ3n) is 3.58. The zero-order chi connectivity index (χ0) is 13.8. The Labute approximate surface area is 112 Å². The number of carbonyl (C=O) groups is 2. The van der Waals surface area contributed by atoms with Crippen LogP contribution >= 0.6 is 0 Å². The molecular formula is C13H19N3O3. The van der Waals surface area contributed by atoms with Gasteiger partial charge in [-0.2, -0.15) is 0 Å². The number of likely N-dealkylation sites (tertiary alicyclic amines) is 1. The molecule has 104 valence electrons. The first kappa shape index (κ1) is 13.6. The molecule has 1 saturated heterocycles. The van der Waals surface area contributed by atoms with Crippen LogP contribution in [0.1, 0.15) is 42.6 Å². The van der Waals surface area contributed by atoms with Crippen molar-refractivity contribution in [3.05, 3.63) is 18.2 Å². The normalized spacial score (nSPS) is 20.7. The molecule has 1 aliphatic heterocycles. The Balaban J connectivity index is 2.24. The fourth-order valence-electron chi connectivity index (χ4n) is 2.50. The summed E-state index contributed by atoms with van der Waals surface area (Å²) in [5, 5.41) is 9.32. The lowest BCUT2D eigenvalue weighted by Gasteiger charge is -2.30. The predicted molar refractivity (Wildman–Crippen MR) is 68.8 cm³/mol. The molecule has 0 spiro atoms. The van der Waals surface area contributed by atoms with Crippen LogP contribution in [0.3, 0.4) is 0 Å². The van der Waals surface area contributed by atoms with E-state index in [2.05, 4.69) is 4.98 Å². The van der Waals surface area contributed by atoms with E-state index in [1.165, 1.54) is 11.1 Å². The van der Waals surface area contributed by atoms with Gasteiger partial charge in [-0.15, -0.1) is 0 Å². The van der Waals surface area contributed by atoms with Crippen molar-refractivity contribution in [3.63, 3.8) is 0 Å². The van der Waals surface area contributed by atoms with Gasteiger partial charge >= 0.3 is 5.97 Å². The number of aromatic nitrogens is 2. The Morgan fingerprint density at radius 2 is 2.05 bits per heavy atom. The second kappa shape index (κ2) is 5.86. The minimum Gasteiger partial charge on any atom is -0.480 e. The minimum atomic E-state index is -0.919. The van der Waals surface area contributed by atoms with E-state index in [0.717, 1.165) is 25.7 Å². The molecule has 19 heavy (non-hydrogen) atoms. The molecule has 0 aromatic carbocycles. The van der Waals surface area contributed by atoms with Gasteiger partial charge in [-0.3, -0.25) is 4.79 Å². The molecule has 1 atom stereocenters. The summed E-state index contributed by atoms with van der Waals surface area (Å²) in [6.07, 6.45) is 7.35. The van der Waals surface area contributed by atoms with E-state index in [1.807, 2.05) is 0 Å². The van der Waals surface area contributed by atoms with Gasteiger partial charge in [0.15, 0.2) is 0 Å². The van der Waals surface area contributed by atoms with Gasteiger partial charge in [-0.1, -0.05) is 19.3 Å². The number of aliphatic carboxylic acids is 1. The number of carbonyl (C=O) groups excluding carboxylic acids is 1. The van der Waals surface area contributed by atoms with Crippen LogP contribution in [0, 0.1) is 0 Å². The van der Waals surface area contributed by atoms with E-state index in [9.17, 15) is 14.7 Å². The molecule has 0 saturated carbocycles. The quantitative estimate of drug-likeness (QED) is 0.874. The SMILES string of the molecule is Cn1cncc1C(=O)N1CCCCCCC1C(=O)O. The van der Waals surface area contributed by atoms with Crippen LogP contribution in [0.25, 0.3) is 0 Å². The van der Waals surface area contributed by atoms with Crippen molar-refractivity contribution in [2.24, 2.45) is 7.05 Å². The molecule has 1 fully saturated rings. The number of aryl methyl sites for hydroxylation is 1. The predicted octanol–water partition coefficient (Wildman–Crippen LogP) is 1.28. The fourth-order valence-corrected chi connectivity index (χ4v) is 2.50. The first-order valence-corrected chi connectivity index (χ1v) is 6.61. The molecule has 1 aromatic heterocycles. The lowest BCUT2D eigenvalue weighted by atomic mass is 10.0. The van der Waals surface area contributed by atoms with Gasteiger partial charge in [0.2, 0.25) is 0 Å². The molecule has 6 heteroatoms. The van der Waals surface area contributed by atoms with E-state index >= 15 is 0 Å². The van der Waals surface area contributed by atoms with Gasteiger partial charge in [-0.05, 0) is 12.8 Å². The lowest BCUT2D eigenvalue weighted by molar-refractivity contribution is -0.142. The Morgan fingerprint density at radius 1 is 1.32 bits per heavy atom. The standard InChI is InChI=1S/C13H19N3O3/c1-15-9-14-8-11(15)12(17)16-7-5-3-2-4-6-10(16)13(18)19/h8-10H,2-7H2,1H3,(H,18,19). The maximum atomic E-state index is 12.5. The van der Waals surface area contributed by atoms with Crippen LogP contribution in [0.2, 0.25) is 0 Å². The summed E-state index contributed by atoms with van der Waals surface area (Å²) in [4.78, 5) is 29.2. The third kappa shape index (κ3) is 2.94. The number of amides is 1. The topological polar surface area (TPSA) is 75.4 Å². The first-order chi connectivity index (χ1) is 9.11. The van der Waals surface area contributed by atoms with Crippen molar-refractivity contribution in [1.29, 1.82) is 0 Å². The maximum Gasteiger partial charge on any atom is 0.326 e. The van der Waals surface area contributed by atoms with Crippen LogP contribution < -0.4 is 0 Å². The highest BCUT2D eigenvalue weighted by Crippen LogP contribution is 2.19. The number of imidazole rings is 1. The van der Waals surface area contributed by atoms with Crippen molar-refractivity contribution in [2.75, 3.05) is 6.54 Å². The largest absolute Gasteiger partial charge is 0.480 e. The smallest absolute Gasteiger partial charge is 0.326 e. The Kier molecular flexibility index (Phi) is 4.19. The third-order valence-corrected chi connectivity index (χ3v) is 3.58. The number of hydrogen-bond donors (Lipinski definition) is 1. The van der Waals surface area contributed by atoms with Crippen LogP contribution in [0.4, 0.5) is 0 Å². The molecule has 1 N–H and O–H groups in total. The van der Waals surface area contributed by atoms with Crippen molar-refractivity contribution in [2.45, 2.75) is 38.1 Å². The Hall–Kier alpha value is -1.85. The zero-order valence-electron chi connectivity index (χ0n) is 11.1. The maximum absolute atomic E-state index is 12.5. The van der Waals surface area contributed by atoms with Crippen molar-refractivity contribution in [1.82, 2.24) is 14.5 Å². The van der Waals surface area contributed by atoms with E-state index in [1.54, 1.807) is 17.9 Å². The van der Waals surface area contributed by atoms with Gasteiger partial charge in [0.05, 0.1) is 12.5 Å². The van der Waals surface area contributed by atoms with Crippen molar-refractivity contribution < 1.29 is 14.7 Å². The summed E-state index contributed by atoms with van der Waals surface area (Å²) < 4.78 is 1.63. The average molecular weight is 265 g/mol. The highest BCUT2D eigenvalue weighted by molar-refractivity contribution is 5.95. The minimum absolute atomic E-state index is 0.241. The van der Waals surface area contributed by atoms with Gasteiger partial charge in [-0.25, -0.2) is 9.78 Å². The highest BCUT2D eigenvalue weighted by Gasteiger charge is 2.31. The van der Waals surface area contributed by atoms with Crippen LogP contribution in [0.15, 0.2) is 12.5 Å². The van der Waals surface area contributed by atoms with Gasteiger partial charge in [0.25, 0.3) is 5.91 Å². The molecule has 1 aliphatic rings. The molecule has 6 nitrogen and oxygen atoms in total. The number of hydrogen-bond acceptors (Lipinski definition) is 3.